The Morgan fingerprint density at radius 1 is 0.952 bits per heavy atom. The minimum atomic E-state index is -0.913. The summed E-state index contributed by atoms with van der Waals surface area (Å²) in [5.74, 6) is -0.453. The monoisotopic (exact) mass is 635 g/mol. The number of hydrogen-bond donors (Lipinski definition) is 1. The number of benzene rings is 2. The lowest BCUT2D eigenvalue weighted by molar-refractivity contribution is -0.137. The first-order valence-electron chi connectivity index (χ1n) is 14.4. The molecule has 0 bridgehead atoms. The van der Waals surface area contributed by atoms with E-state index in [2.05, 4.69) is 43.6 Å². The molecule has 2 aromatic carbocycles. The molecule has 1 aliphatic heterocycles. The fourth-order valence-corrected chi connectivity index (χ4v) is 7.21. The number of ketones is 2. The predicted molar refractivity (Wildman–Crippen MR) is 163 cm³/mol. The number of carboxylic acid groups (broad SMARTS) is 1. The van der Waals surface area contributed by atoms with Gasteiger partial charge in [0.2, 0.25) is 0 Å². The Morgan fingerprint density at radius 3 is 2.05 bits per heavy atom. The topological polar surface area (TPSA) is 93.1 Å². The van der Waals surface area contributed by atoms with E-state index >= 15 is 0 Å². The van der Waals surface area contributed by atoms with Crippen molar-refractivity contribution in [2.45, 2.75) is 72.3 Å². The zero-order valence-electron chi connectivity index (χ0n) is 24.9. The second-order valence-electron chi connectivity index (χ2n) is 13.1. The van der Waals surface area contributed by atoms with Crippen LogP contribution < -0.4 is 9.47 Å². The second kappa shape index (κ2) is 11.4. The highest BCUT2D eigenvalue weighted by Gasteiger charge is 2.49. The molecular weight excluding hydrogens is 598 g/mol. The van der Waals surface area contributed by atoms with E-state index in [-0.39, 0.29) is 35.4 Å². The van der Waals surface area contributed by atoms with Crippen molar-refractivity contribution in [1.82, 2.24) is 4.90 Å². The number of hydrogen-bond acceptors (Lipinski definition) is 6. The van der Waals surface area contributed by atoms with E-state index in [0.717, 1.165) is 22.5 Å². The Kier molecular flexibility index (Phi) is 8.14. The molecule has 42 heavy (non-hydrogen) atoms. The van der Waals surface area contributed by atoms with Gasteiger partial charge in [-0.3, -0.25) is 14.4 Å². The van der Waals surface area contributed by atoms with Crippen LogP contribution in [0.5, 0.6) is 11.5 Å². The molecule has 1 N–H and O–H groups in total. The number of rotatable bonds is 8. The van der Waals surface area contributed by atoms with Gasteiger partial charge in [-0.25, -0.2) is 0 Å². The van der Waals surface area contributed by atoms with E-state index in [0.29, 0.717) is 59.4 Å². The SMILES string of the molecule is COc1cc(C2C3=C(CC(C)(C)CC3=O)N(CCC(=O)O)C3=C2C(=O)CC(C)(C)C3)cc(Br)c1OCc1ccccc1. The summed E-state index contributed by atoms with van der Waals surface area (Å²) in [5, 5.41) is 9.58. The maximum Gasteiger partial charge on any atom is 0.305 e. The van der Waals surface area contributed by atoms with E-state index in [1.54, 1.807) is 7.11 Å². The molecule has 2 aromatic rings. The normalized spacial score (nSPS) is 19.9. The summed E-state index contributed by atoms with van der Waals surface area (Å²) in [6.45, 7) is 8.83. The van der Waals surface area contributed by atoms with Crippen molar-refractivity contribution in [3.63, 3.8) is 0 Å². The summed E-state index contributed by atoms with van der Waals surface area (Å²) in [6.07, 6.45) is 1.86. The highest BCUT2D eigenvalue weighted by atomic mass is 79.9. The number of allylic oxidation sites excluding steroid dienone is 4. The lowest BCUT2D eigenvalue weighted by atomic mass is 9.63. The molecule has 0 aromatic heterocycles. The summed E-state index contributed by atoms with van der Waals surface area (Å²) in [7, 11) is 1.58. The van der Waals surface area contributed by atoms with Crippen molar-refractivity contribution in [1.29, 1.82) is 0 Å². The van der Waals surface area contributed by atoms with Crippen LogP contribution in [0.2, 0.25) is 0 Å². The molecule has 7 nitrogen and oxygen atoms in total. The van der Waals surface area contributed by atoms with Crippen LogP contribution in [0, 0.1) is 10.8 Å². The van der Waals surface area contributed by atoms with Gasteiger partial charge in [0, 0.05) is 47.8 Å². The molecule has 0 unspecified atom stereocenters. The van der Waals surface area contributed by atoms with Crippen molar-refractivity contribution in [2.24, 2.45) is 10.8 Å². The van der Waals surface area contributed by atoms with E-state index in [9.17, 15) is 19.5 Å². The van der Waals surface area contributed by atoms with Crippen LogP contribution in [0.15, 0.2) is 69.5 Å². The molecule has 0 atom stereocenters. The molecule has 0 saturated carbocycles. The van der Waals surface area contributed by atoms with E-state index in [1.165, 1.54) is 0 Å². The highest BCUT2D eigenvalue weighted by Crippen LogP contribution is 2.55. The second-order valence-corrected chi connectivity index (χ2v) is 14.0. The van der Waals surface area contributed by atoms with Crippen LogP contribution in [-0.4, -0.2) is 41.2 Å². The Labute approximate surface area is 255 Å². The maximum absolute atomic E-state index is 14.0. The Bertz CT molecular complexity index is 1450. The number of nitrogens with zero attached hydrogens (tertiary/aromatic N) is 1. The van der Waals surface area contributed by atoms with Gasteiger partial charge in [-0.2, -0.15) is 0 Å². The predicted octanol–water partition coefficient (Wildman–Crippen LogP) is 7.20. The Balaban J connectivity index is 1.67. The molecule has 1 heterocycles. The van der Waals surface area contributed by atoms with E-state index in [4.69, 9.17) is 9.47 Å². The van der Waals surface area contributed by atoms with Crippen molar-refractivity contribution in [2.75, 3.05) is 13.7 Å². The quantitative estimate of drug-likeness (QED) is 0.328. The van der Waals surface area contributed by atoms with Crippen LogP contribution in [0.25, 0.3) is 0 Å². The zero-order chi connectivity index (χ0) is 30.4. The van der Waals surface area contributed by atoms with Gasteiger partial charge >= 0.3 is 5.97 Å². The first-order valence-corrected chi connectivity index (χ1v) is 15.2. The zero-order valence-corrected chi connectivity index (χ0v) is 26.5. The molecule has 3 aliphatic rings. The third-order valence-corrected chi connectivity index (χ3v) is 8.97. The Morgan fingerprint density at radius 2 is 1.52 bits per heavy atom. The van der Waals surface area contributed by atoms with Gasteiger partial charge in [-0.1, -0.05) is 58.0 Å². The van der Waals surface area contributed by atoms with Crippen LogP contribution in [-0.2, 0) is 21.0 Å². The minimum absolute atomic E-state index is 0.00440. The summed E-state index contributed by atoms with van der Waals surface area (Å²) in [5.41, 5.74) is 4.07. The van der Waals surface area contributed by atoms with Crippen molar-refractivity contribution in [3.05, 3.63) is 80.6 Å². The fraction of sp³-hybridized carbons (Fsp3) is 0.441. The molecule has 2 aliphatic carbocycles. The molecule has 5 rings (SSSR count). The number of carbonyl (C=O) groups excluding carboxylic acids is 2. The number of ether oxygens (including phenoxy) is 2. The molecule has 0 amide bonds. The summed E-state index contributed by atoms with van der Waals surface area (Å²) in [6, 6.07) is 13.6. The highest BCUT2D eigenvalue weighted by molar-refractivity contribution is 9.10. The van der Waals surface area contributed by atoms with Crippen LogP contribution >= 0.6 is 15.9 Å². The first-order chi connectivity index (χ1) is 19.8. The summed E-state index contributed by atoms with van der Waals surface area (Å²) < 4.78 is 12.6. The summed E-state index contributed by atoms with van der Waals surface area (Å²) in [4.78, 5) is 41.7. The Hall–Kier alpha value is -3.39. The molecule has 0 saturated heterocycles. The van der Waals surface area contributed by atoms with Crippen molar-refractivity contribution in [3.8, 4) is 11.5 Å². The van der Waals surface area contributed by atoms with E-state index in [1.807, 2.05) is 47.4 Å². The molecular formula is C34H38BrNO6. The summed E-state index contributed by atoms with van der Waals surface area (Å²) >= 11 is 3.69. The van der Waals surface area contributed by atoms with Crippen LogP contribution in [0.1, 0.15) is 76.8 Å². The molecule has 0 radical (unpaired) electrons. The first kappa shape index (κ1) is 30.1. The van der Waals surface area contributed by atoms with Gasteiger partial charge < -0.3 is 19.5 Å². The van der Waals surface area contributed by atoms with Crippen LogP contribution in [0.4, 0.5) is 0 Å². The maximum atomic E-state index is 14.0. The minimum Gasteiger partial charge on any atom is -0.493 e. The van der Waals surface area contributed by atoms with Gasteiger partial charge in [0.05, 0.1) is 18.0 Å². The molecule has 8 heteroatoms. The average Bonchev–Trinajstić information content (AvgIpc) is 2.89. The molecule has 222 valence electrons. The molecule has 0 fully saturated rings. The van der Waals surface area contributed by atoms with Gasteiger partial charge in [-0.15, -0.1) is 0 Å². The number of methoxy groups -OCH3 is 1. The molecule has 0 spiro atoms. The smallest absolute Gasteiger partial charge is 0.305 e. The van der Waals surface area contributed by atoms with Gasteiger partial charge in [0.15, 0.2) is 23.1 Å². The number of carbonyl (C=O) groups is 3. The number of Topliss-reactive ketones (excluding diaryl/α,β-unsaturated/α-hetero) is 2. The van der Waals surface area contributed by atoms with Gasteiger partial charge in [0.1, 0.15) is 6.61 Å². The van der Waals surface area contributed by atoms with E-state index < -0.39 is 11.9 Å². The van der Waals surface area contributed by atoms with Crippen molar-refractivity contribution < 1.29 is 29.0 Å². The lowest BCUT2D eigenvalue weighted by Gasteiger charge is -2.49. The average molecular weight is 637 g/mol. The van der Waals surface area contributed by atoms with Gasteiger partial charge in [0.25, 0.3) is 0 Å². The third kappa shape index (κ3) is 5.91. The standard InChI is InChI=1S/C34H38BrNO6/c1-33(2)15-23-30(25(37)17-33)29(31-24(36(23)12-11-28(39)40)16-34(3,4)18-26(31)38)21-13-22(35)32(27(14-21)41-5)42-19-20-9-7-6-8-10-20/h6-10,13-14,29H,11-12,15-19H2,1-5H3,(H,39,40). The van der Waals surface area contributed by atoms with Crippen molar-refractivity contribution >= 4 is 33.5 Å². The fourth-order valence-electron chi connectivity index (χ4n) is 6.63. The number of carboxylic acids is 1. The van der Waals surface area contributed by atoms with Gasteiger partial charge in [-0.05, 0) is 62.9 Å². The number of halogens is 1. The lowest BCUT2D eigenvalue weighted by Crippen LogP contribution is -2.45. The van der Waals surface area contributed by atoms with Crippen LogP contribution in [0.3, 0.4) is 0 Å². The number of aliphatic carboxylic acids is 1. The third-order valence-electron chi connectivity index (χ3n) is 8.38. The largest absolute Gasteiger partial charge is 0.493 e.